The molecule has 0 heterocycles. The predicted molar refractivity (Wildman–Crippen MR) is 80.6 cm³/mol. The van der Waals surface area contributed by atoms with E-state index < -0.39 is 5.97 Å². The van der Waals surface area contributed by atoms with E-state index in [1.807, 2.05) is 6.92 Å². The molecule has 0 atom stereocenters. The fraction of sp³-hybridized carbons (Fsp3) is 0.188. The molecule has 110 valence electrons. The number of ether oxygens (including phenoxy) is 2. The summed E-state index contributed by atoms with van der Waals surface area (Å²) in [5, 5.41) is 9.69. The topological polar surface area (TPSA) is 55.8 Å². The Hall–Kier alpha value is -2.20. The highest BCUT2D eigenvalue weighted by atomic mass is 35.5. The summed E-state index contributed by atoms with van der Waals surface area (Å²) in [6.07, 6.45) is 0. The van der Waals surface area contributed by atoms with Crippen molar-refractivity contribution in [1.29, 1.82) is 0 Å². The molecule has 0 amide bonds. The Labute approximate surface area is 127 Å². The number of hydrogen-bond donors (Lipinski definition) is 1. The van der Waals surface area contributed by atoms with Crippen LogP contribution in [-0.4, -0.2) is 24.3 Å². The van der Waals surface area contributed by atoms with E-state index >= 15 is 0 Å². The maximum Gasteiger partial charge on any atom is 0.339 e. The number of hydrogen-bond acceptors (Lipinski definition) is 3. The van der Waals surface area contributed by atoms with Gasteiger partial charge in [-0.2, -0.15) is 0 Å². The highest BCUT2D eigenvalue weighted by Crippen LogP contribution is 2.21. The van der Waals surface area contributed by atoms with Crippen LogP contribution in [0.5, 0.6) is 11.5 Å². The molecule has 0 fully saturated rings. The molecule has 0 radical (unpaired) electrons. The van der Waals surface area contributed by atoms with Gasteiger partial charge in [0.25, 0.3) is 0 Å². The second-order valence-corrected chi connectivity index (χ2v) is 4.90. The van der Waals surface area contributed by atoms with E-state index in [9.17, 15) is 4.79 Å². The van der Waals surface area contributed by atoms with E-state index in [4.69, 9.17) is 26.2 Å². The van der Waals surface area contributed by atoms with Crippen molar-refractivity contribution < 1.29 is 19.4 Å². The first-order valence-corrected chi connectivity index (χ1v) is 6.79. The second kappa shape index (κ2) is 6.99. The van der Waals surface area contributed by atoms with Gasteiger partial charge in [0.15, 0.2) is 0 Å². The number of rotatable bonds is 6. The van der Waals surface area contributed by atoms with Crippen molar-refractivity contribution in [3.05, 3.63) is 58.6 Å². The quantitative estimate of drug-likeness (QED) is 0.825. The lowest BCUT2D eigenvalue weighted by atomic mass is 10.1. The first kappa shape index (κ1) is 15.2. The fourth-order valence-corrected chi connectivity index (χ4v) is 1.97. The van der Waals surface area contributed by atoms with Crippen molar-refractivity contribution in [2.45, 2.75) is 6.92 Å². The van der Waals surface area contributed by atoms with Crippen molar-refractivity contribution in [2.75, 3.05) is 13.2 Å². The lowest BCUT2D eigenvalue weighted by Gasteiger charge is -2.11. The normalized spacial score (nSPS) is 10.2. The van der Waals surface area contributed by atoms with E-state index in [0.717, 1.165) is 5.56 Å². The zero-order valence-corrected chi connectivity index (χ0v) is 12.3. The molecule has 0 spiro atoms. The minimum Gasteiger partial charge on any atom is -0.490 e. The molecule has 0 unspecified atom stereocenters. The molecule has 2 aromatic rings. The Bertz CT molecular complexity index is 640. The molecule has 0 aliphatic rings. The fourth-order valence-electron chi connectivity index (χ4n) is 1.79. The zero-order chi connectivity index (χ0) is 15.2. The minimum atomic E-state index is -1.01. The van der Waals surface area contributed by atoms with Gasteiger partial charge in [-0.05, 0) is 42.8 Å². The third-order valence-corrected chi connectivity index (χ3v) is 3.01. The van der Waals surface area contributed by atoms with Gasteiger partial charge in [-0.25, -0.2) is 4.79 Å². The maximum atomic E-state index is 11.1. The number of carbonyl (C=O) groups is 1. The first-order valence-electron chi connectivity index (χ1n) is 6.41. The van der Waals surface area contributed by atoms with Gasteiger partial charge in [-0.3, -0.25) is 0 Å². The van der Waals surface area contributed by atoms with E-state index in [0.29, 0.717) is 23.1 Å². The van der Waals surface area contributed by atoms with Gasteiger partial charge in [-0.1, -0.05) is 23.7 Å². The highest BCUT2D eigenvalue weighted by molar-refractivity contribution is 6.30. The van der Waals surface area contributed by atoms with Crippen LogP contribution in [0.3, 0.4) is 0 Å². The van der Waals surface area contributed by atoms with E-state index in [1.165, 1.54) is 6.07 Å². The minimum absolute atomic E-state index is 0.142. The molecule has 1 N–H and O–H groups in total. The van der Waals surface area contributed by atoms with E-state index in [2.05, 4.69) is 0 Å². The van der Waals surface area contributed by atoms with Crippen LogP contribution in [0.25, 0.3) is 0 Å². The summed E-state index contributed by atoms with van der Waals surface area (Å²) in [5.41, 5.74) is 1.08. The number of aryl methyl sites for hydroxylation is 1. The van der Waals surface area contributed by atoms with Gasteiger partial charge in [0.1, 0.15) is 30.3 Å². The van der Waals surface area contributed by atoms with Crippen LogP contribution < -0.4 is 9.47 Å². The van der Waals surface area contributed by atoms with Crippen molar-refractivity contribution in [3.63, 3.8) is 0 Å². The number of benzene rings is 2. The van der Waals surface area contributed by atoms with Gasteiger partial charge in [0.05, 0.1) is 0 Å². The van der Waals surface area contributed by atoms with Crippen molar-refractivity contribution in [1.82, 2.24) is 0 Å². The number of halogens is 1. The number of carboxylic acid groups (broad SMARTS) is 1. The second-order valence-electron chi connectivity index (χ2n) is 4.46. The van der Waals surface area contributed by atoms with E-state index in [1.54, 1.807) is 36.4 Å². The average Bonchev–Trinajstić information content (AvgIpc) is 2.43. The van der Waals surface area contributed by atoms with Crippen LogP contribution in [0.1, 0.15) is 15.9 Å². The highest BCUT2D eigenvalue weighted by Gasteiger charge is 2.11. The Kier molecular flexibility index (Phi) is 5.06. The standard InChI is InChI=1S/C16H15ClO4/c1-11-5-6-14(16(18)19)15(9-11)21-8-7-20-13-4-2-3-12(17)10-13/h2-6,9-10H,7-8H2,1H3,(H,18,19). The average molecular weight is 307 g/mol. The molecule has 0 saturated carbocycles. The number of aromatic carboxylic acids is 1. The predicted octanol–water partition coefficient (Wildman–Crippen LogP) is 3.80. The van der Waals surface area contributed by atoms with Crippen LogP contribution in [0.4, 0.5) is 0 Å². The Morgan fingerprint density at radius 2 is 1.90 bits per heavy atom. The van der Waals surface area contributed by atoms with Crippen LogP contribution in [0.15, 0.2) is 42.5 Å². The van der Waals surface area contributed by atoms with Crippen LogP contribution in [0, 0.1) is 6.92 Å². The third-order valence-electron chi connectivity index (χ3n) is 2.77. The molecular weight excluding hydrogens is 292 g/mol. The summed E-state index contributed by atoms with van der Waals surface area (Å²) in [7, 11) is 0. The molecule has 0 aliphatic carbocycles. The summed E-state index contributed by atoms with van der Waals surface area (Å²) < 4.78 is 11.0. The zero-order valence-electron chi connectivity index (χ0n) is 11.5. The van der Waals surface area contributed by atoms with Crippen LogP contribution >= 0.6 is 11.6 Å². The summed E-state index contributed by atoms with van der Waals surface area (Å²) in [4.78, 5) is 11.1. The molecular formula is C16H15ClO4. The van der Waals surface area contributed by atoms with Crippen LogP contribution in [-0.2, 0) is 0 Å². The lowest BCUT2D eigenvalue weighted by Crippen LogP contribution is -2.11. The van der Waals surface area contributed by atoms with Crippen molar-refractivity contribution >= 4 is 17.6 Å². The molecule has 21 heavy (non-hydrogen) atoms. The summed E-state index contributed by atoms with van der Waals surface area (Å²) in [5.74, 6) is -0.0215. The van der Waals surface area contributed by atoms with Crippen molar-refractivity contribution in [2.24, 2.45) is 0 Å². The van der Waals surface area contributed by atoms with Crippen LogP contribution in [0.2, 0.25) is 5.02 Å². The van der Waals surface area contributed by atoms with Gasteiger partial charge >= 0.3 is 5.97 Å². The molecule has 0 aliphatic heterocycles. The van der Waals surface area contributed by atoms with Crippen molar-refractivity contribution in [3.8, 4) is 11.5 Å². The maximum absolute atomic E-state index is 11.1. The van der Waals surface area contributed by atoms with E-state index in [-0.39, 0.29) is 12.2 Å². The molecule has 0 bridgehead atoms. The molecule has 2 rings (SSSR count). The Balaban J connectivity index is 1.91. The molecule has 2 aromatic carbocycles. The third kappa shape index (κ3) is 4.39. The Morgan fingerprint density at radius 1 is 1.14 bits per heavy atom. The van der Waals surface area contributed by atoms with Gasteiger partial charge in [-0.15, -0.1) is 0 Å². The lowest BCUT2D eigenvalue weighted by molar-refractivity contribution is 0.0691. The molecule has 0 saturated heterocycles. The van der Waals surface area contributed by atoms with Gasteiger partial charge in [0.2, 0.25) is 0 Å². The summed E-state index contributed by atoms with van der Waals surface area (Å²) in [6, 6.07) is 12.0. The number of carboxylic acids is 1. The summed E-state index contributed by atoms with van der Waals surface area (Å²) in [6.45, 7) is 2.42. The molecule has 0 aromatic heterocycles. The van der Waals surface area contributed by atoms with Gasteiger partial charge < -0.3 is 14.6 Å². The summed E-state index contributed by atoms with van der Waals surface area (Å²) >= 11 is 5.85. The Morgan fingerprint density at radius 3 is 2.62 bits per heavy atom. The molecule has 4 nitrogen and oxygen atoms in total. The first-order chi connectivity index (χ1) is 10.1. The smallest absolute Gasteiger partial charge is 0.339 e. The SMILES string of the molecule is Cc1ccc(C(=O)O)c(OCCOc2cccc(Cl)c2)c1. The monoisotopic (exact) mass is 306 g/mol. The molecule has 5 heteroatoms. The largest absolute Gasteiger partial charge is 0.490 e. The van der Waals surface area contributed by atoms with Gasteiger partial charge in [0, 0.05) is 5.02 Å².